The summed E-state index contributed by atoms with van der Waals surface area (Å²) in [6, 6.07) is 13.2. The van der Waals surface area contributed by atoms with E-state index in [2.05, 4.69) is 4.40 Å². The first-order valence-corrected chi connectivity index (χ1v) is 8.87. The molecule has 25 heavy (non-hydrogen) atoms. The Balaban J connectivity index is 2.48. The van der Waals surface area contributed by atoms with E-state index in [1.54, 1.807) is 43.3 Å². The van der Waals surface area contributed by atoms with Crippen LogP contribution in [0, 0.1) is 0 Å². The Kier molecular flexibility index (Phi) is 6.24. The van der Waals surface area contributed by atoms with Gasteiger partial charge >= 0.3 is 6.08 Å². The minimum atomic E-state index is -4.20. The average molecular weight is 365 g/mol. The zero-order valence-electron chi connectivity index (χ0n) is 14.1. The van der Waals surface area contributed by atoms with Crippen molar-refractivity contribution >= 4 is 16.1 Å². The van der Waals surface area contributed by atoms with Crippen molar-refractivity contribution in [1.82, 2.24) is 0 Å². The third-order valence-electron chi connectivity index (χ3n) is 3.05. The fourth-order valence-corrected chi connectivity index (χ4v) is 3.19. The Hall–Kier alpha value is -2.74. The van der Waals surface area contributed by atoms with Gasteiger partial charge in [0.05, 0.1) is 20.8 Å². The summed E-state index contributed by atoms with van der Waals surface area (Å²) in [6.45, 7) is 1.88. The number of sulfonamides is 1. The maximum absolute atomic E-state index is 12.8. The van der Waals surface area contributed by atoms with Crippen LogP contribution in [0.25, 0.3) is 0 Å². The Morgan fingerprint density at radius 2 is 1.56 bits per heavy atom. The lowest BCUT2D eigenvalue weighted by Crippen LogP contribution is -2.16. The summed E-state index contributed by atoms with van der Waals surface area (Å²) in [7, 11) is -1.47. The molecule has 0 atom stereocenters. The van der Waals surface area contributed by atoms with Crippen molar-refractivity contribution in [2.75, 3.05) is 20.8 Å². The number of ether oxygens (including phenoxy) is 4. The van der Waals surface area contributed by atoms with Crippen LogP contribution in [0.4, 0.5) is 0 Å². The molecule has 2 aromatic rings. The highest BCUT2D eigenvalue weighted by atomic mass is 32.2. The molecule has 0 aliphatic rings. The zero-order valence-corrected chi connectivity index (χ0v) is 14.9. The topological polar surface area (TPSA) is 83.4 Å². The number of hydrogen-bond acceptors (Lipinski definition) is 6. The van der Waals surface area contributed by atoms with Crippen molar-refractivity contribution in [1.29, 1.82) is 0 Å². The van der Waals surface area contributed by atoms with Crippen LogP contribution in [0.1, 0.15) is 6.92 Å². The molecule has 8 heteroatoms. The van der Waals surface area contributed by atoms with E-state index >= 15 is 0 Å². The van der Waals surface area contributed by atoms with E-state index in [0.717, 1.165) is 0 Å². The molecule has 0 heterocycles. The van der Waals surface area contributed by atoms with Gasteiger partial charge in [-0.25, -0.2) is 0 Å². The van der Waals surface area contributed by atoms with Gasteiger partial charge in [0.15, 0.2) is 4.90 Å². The minimum absolute atomic E-state index is 0.110. The fraction of sp³-hybridized carbons (Fsp3) is 0.235. The third kappa shape index (κ3) is 4.63. The summed E-state index contributed by atoms with van der Waals surface area (Å²) in [5.41, 5.74) is 0. The lowest BCUT2D eigenvalue weighted by atomic mass is 10.3. The number of benzene rings is 2. The molecule has 0 bridgehead atoms. The lowest BCUT2D eigenvalue weighted by Gasteiger charge is -2.12. The van der Waals surface area contributed by atoms with E-state index in [-0.39, 0.29) is 29.1 Å². The van der Waals surface area contributed by atoms with Crippen LogP contribution < -0.4 is 14.2 Å². The second-order valence-corrected chi connectivity index (χ2v) is 6.21. The van der Waals surface area contributed by atoms with Gasteiger partial charge in [0.25, 0.3) is 10.0 Å². The second-order valence-electron chi connectivity index (χ2n) is 4.67. The zero-order chi connectivity index (χ0) is 18.3. The van der Waals surface area contributed by atoms with Gasteiger partial charge in [-0.3, -0.25) is 0 Å². The summed E-state index contributed by atoms with van der Waals surface area (Å²) in [5.74, 6) is 0.620. The van der Waals surface area contributed by atoms with E-state index < -0.39 is 10.0 Å². The first-order valence-electron chi connectivity index (χ1n) is 7.43. The van der Waals surface area contributed by atoms with Crippen LogP contribution in [0.3, 0.4) is 0 Å². The largest absolute Gasteiger partial charge is 0.495 e. The van der Waals surface area contributed by atoms with Gasteiger partial charge in [-0.1, -0.05) is 28.7 Å². The normalized spacial score (nSPS) is 11.7. The summed E-state index contributed by atoms with van der Waals surface area (Å²) in [6.07, 6.45) is -0.387. The summed E-state index contributed by atoms with van der Waals surface area (Å²) in [5, 5.41) is 0. The lowest BCUT2D eigenvalue weighted by molar-refractivity contribution is 0.252. The molecule has 134 valence electrons. The summed E-state index contributed by atoms with van der Waals surface area (Å²) >= 11 is 0. The van der Waals surface area contributed by atoms with Crippen LogP contribution in [0.15, 0.2) is 57.8 Å². The standard InChI is InChI=1S/C17H19NO6S/c1-4-23-17(24-13-9-6-5-7-10-13)18-25(19,20)16-14(21-2)11-8-12-15(16)22-3/h5-12H,4H2,1-3H3. The molecule has 2 rings (SSSR count). The predicted octanol–water partition coefficient (Wildman–Crippen LogP) is 2.86. The summed E-state index contributed by atoms with van der Waals surface area (Å²) < 4.78 is 50.1. The van der Waals surface area contributed by atoms with Crippen LogP contribution in [-0.2, 0) is 14.8 Å². The maximum Gasteiger partial charge on any atom is 0.405 e. The maximum atomic E-state index is 12.8. The van der Waals surface area contributed by atoms with Gasteiger partial charge in [0.1, 0.15) is 17.2 Å². The fourth-order valence-electron chi connectivity index (χ4n) is 2.00. The molecule has 0 saturated heterocycles. The van der Waals surface area contributed by atoms with Gasteiger partial charge in [-0.15, -0.1) is 0 Å². The first-order chi connectivity index (χ1) is 12.0. The number of para-hydroxylation sites is 1. The minimum Gasteiger partial charge on any atom is -0.495 e. The third-order valence-corrected chi connectivity index (χ3v) is 4.36. The van der Waals surface area contributed by atoms with Crippen molar-refractivity contribution in [3.05, 3.63) is 48.5 Å². The van der Waals surface area contributed by atoms with Crippen molar-refractivity contribution in [2.24, 2.45) is 4.40 Å². The Morgan fingerprint density at radius 3 is 2.08 bits per heavy atom. The molecule has 2 aromatic carbocycles. The highest BCUT2D eigenvalue weighted by molar-refractivity contribution is 7.90. The van der Waals surface area contributed by atoms with Crippen molar-refractivity contribution < 1.29 is 27.4 Å². The van der Waals surface area contributed by atoms with Gasteiger partial charge < -0.3 is 18.9 Å². The molecular weight excluding hydrogens is 346 g/mol. The second kappa shape index (κ2) is 8.39. The Labute approximate surface area is 146 Å². The van der Waals surface area contributed by atoms with Crippen molar-refractivity contribution in [2.45, 2.75) is 11.8 Å². The molecule has 0 unspecified atom stereocenters. The Morgan fingerprint density at radius 1 is 0.960 bits per heavy atom. The van der Waals surface area contributed by atoms with Crippen LogP contribution in [0.2, 0.25) is 0 Å². The molecule has 0 fully saturated rings. The molecule has 7 nitrogen and oxygen atoms in total. The van der Waals surface area contributed by atoms with E-state index in [0.29, 0.717) is 5.75 Å². The van der Waals surface area contributed by atoms with E-state index in [4.69, 9.17) is 18.9 Å². The number of nitrogens with zero attached hydrogens (tertiary/aromatic N) is 1. The number of rotatable bonds is 6. The number of methoxy groups -OCH3 is 2. The molecule has 0 aliphatic carbocycles. The molecule has 0 aromatic heterocycles. The van der Waals surface area contributed by atoms with Crippen molar-refractivity contribution in [3.63, 3.8) is 0 Å². The van der Waals surface area contributed by atoms with Gasteiger partial charge in [-0.05, 0) is 31.2 Å². The molecule has 0 N–H and O–H groups in total. The average Bonchev–Trinajstić information content (AvgIpc) is 2.61. The summed E-state index contributed by atoms with van der Waals surface area (Å²) in [4.78, 5) is -0.200. The number of hydrogen-bond donors (Lipinski definition) is 0. The monoisotopic (exact) mass is 365 g/mol. The predicted molar refractivity (Wildman–Crippen MR) is 92.9 cm³/mol. The smallest absolute Gasteiger partial charge is 0.405 e. The SMILES string of the molecule is CCOC(=NS(=O)(=O)c1c(OC)cccc1OC)Oc1ccccc1. The molecular formula is C17H19NO6S. The molecule has 0 spiro atoms. The molecule has 0 radical (unpaired) electrons. The molecule has 0 aliphatic heterocycles. The Bertz CT molecular complexity index is 811. The van der Waals surface area contributed by atoms with Gasteiger partial charge in [0, 0.05) is 0 Å². The van der Waals surface area contributed by atoms with Crippen LogP contribution in [0.5, 0.6) is 17.2 Å². The van der Waals surface area contributed by atoms with Gasteiger partial charge in [0.2, 0.25) is 0 Å². The van der Waals surface area contributed by atoms with Crippen LogP contribution >= 0.6 is 0 Å². The van der Waals surface area contributed by atoms with E-state index in [9.17, 15) is 8.42 Å². The highest BCUT2D eigenvalue weighted by Gasteiger charge is 2.26. The first kappa shape index (κ1) is 18.6. The van der Waals surface area contributed by atoms with Crippen LogP contribution in [-0.4, -0.2) is 35.3 Å². The van der Waals surface area contributed by atoms with Crippen molar-refractivity contribution in [3.8, 4) is 17.2 Å². The molecule has 0 saturated carbocycles. The van der Waals surface area contributed by atoms with E-state index in [1.165, 1.54) is 26.4 Å². The highest BCUT2D eigenvalue weighted by Crippen LogP contribution is 2.34. The van der Waals surface area contributed by atoms with Gasteiger partial charge in [-0.2, -0.15) is 8.42 Å². The quantitative estimate of drug-likeness (QED) is 0.578. The molecule has 0 amide bonds. The van der Waals surface area contributed by atoms with E-state index in [1.807, 2.05) is 0 Å².